The van der Waals surface area contributed by atoms with Crippen LogP contribution in [0.3, 0.4) is 0 Å². The van der Waals surface area contributed by atoms with Crippen molar-refractivity contribution in [1.29, 1.82) is 0 Å². The highest BCUT2D eigenvalue weighted by Gasteiger charge is 2.24. The van der Waals surface area contributed by atoms with Crippen LogP contribution in [0.1, 0.15) is 36.2 Å². The number of carbonyl (C=O) groups is 1. The molecule has 1 amide bonds. The van der Waals surface area contributed by atoms with Crippen LogP contribution in [0.2, 0.25) is 0 Å². The molecule has 1 aromatic rings. The summed E-state index contributed by atoms with van der Waals surface area (Å²) < 4.78 is 0. The zero-order valence-electron chi connectivity index (χ0n) is 9.10. The molecule has 1 aliphatic carbocycles. The van der Waals surface area contributed by atoms with E-state index in [9.17, 15) is 9.90 Å². The summed E-state index contributed by atoms with van der Waals surface area (Å²) in [5.74, 6) is -0.202. The van der Waals surface area contributed by atoms with E-state index in [2.05, 4.69) is 10.3 Å². The predicted molar refractivity (Wildman–Crippen MR) is 60.0 cm³/mol. The van der Waals surface area contributed by atoms with Crippen molar-refractivity contribution < 1.29 is 9.90 Å². The van der Waals surface area contributed by atoms with Gasteiger partial charge in [0.15, 0.2) is 0 Å². The van der Waals surface area contributed by atoms with Gasteiger partial charge >= 0.3 is 0 Å². The van der Waals surface area contributed by atoms with Crippen molar-refractivity contribution in [2.24, 2.45) is 0 Å². The Morgan fingerprint density at radius 1 is 1.38 bits per heavy atom. The van der Waals surface area contributed by atoms with E-state index in [0.29, 0.717) is 5.69 Å². The minimum Gasteiger partial charge on any atom is -0.391 e. The van der Waals surface area contributed by atoms with E-state index in [4.69, 9.17) is 0 Å². The summed E-state index contributed by atoms with van der Waals surface area (Å²) in [6.45, 7) is 0. The first-order valence-electron chi connectivity index (χ1n) is 5.67. The summed E-state index contributed by atoms with van der Waals surface area (Å²) in [6.07, 6.45) is 4.89. The standard InChI is InChI=1S/C12H16N2O2/c15-11-7-2-1-5-9(11)14-12(16)10-6-3-4-8-13-10/h3-4,6,8-9,11,15H,1-2,5,7H2,(H,14,16)/t9-,11-/m0/s1. The molecule has 0 bridgehead atoms. The smallest absolute Gasteiger partial charge is 0.270 e. The topological polar surface area (TPSA) is 62.2 Å². The third-order valence-electron chi connectivity index (χ3n) is 2.94. The van der Waals surface area contributed by atoms with Crippen molar-refractivity contribution in [3.63, 3.8) is 0 Å². The molecular formula is C12H16N2O2. The van der Waals surface area contributed by atoms with Gasteiger partial charge in [0.1, 0.15) is 5.69 Å². The molecule has 4 heteroatoms. The molecule has 1 aliphatic rings. The van der Waals surface area contributed by atoms with Crippen molar-refractivity contribution in [2.75, 3.05) is 0 Å². The van der Waals surface area contributed by atoms with Crippen LogP contribution in [0.15, 0.2) is 24.4 Å². The van der Waals surface area contributed by atoms with E-state index in [1.807, 2.05) is 0 Å². The summed E-state index contributed by atoms with van der Waals surface area (Å²) in [7, 11) is 0. The van der Waals surface area contributed by atoms with E-state index in [0.717, 1.165) is 25.7 Å². The van der Waals surface area contributed by atoms with Crippen LogP contribution < -0.4 is 5.32 Å². The van der Waals surface area contributed by atoms with Gasteiger partial charge in [0.2, 0.25) is 0 Å². The van der Waals surface area contributed by atoms with Crippen LogP contribution >= 0.6 is 0 Å². The molecule has 1 aromatic heterocycles. The second kappa shape index (κ2) is 5.07. The molecule has 0 aromatic carbocycles. The van der Waals surface area contributed by atoms with Gasteiger partial charge in [-0.3, -0.25) is 9.78 Å². The largest absolute Gasteiger partial charge is 0.391 e. The van der Waals surface area contributed by atoms with Gasteiger partial charge in [-0.25, -0.2) is 0 Å². The molecule has 1 saturated carbocycles. The Kier molecular flexibility index (Phi) is 3.51. The predicted octanol–water partition coefficient (Wildman–Crippen LogP) is 1.11. The lowest BCUT2D eigenvalue weighted by molar-refractivity contribution is 0.0714. The maximum atomic E-state index is 11.8. The number of nitrogens with zero attached hydrogens (tertiary/aromatic N) is 1. The highest BCUT2D eigenvalue weighted by atomic mass is 16.3. The Morgan fingerprint density at radius 3 is 2.88 bits per heavy atom. The molecule has 2 N–H and O–H groups in total. The van der Waals surface area contributed by atoms with E-state index in [1.165, 1.54) is 0 Å². The van der Waals surface area contributed by atoms with Crippen molar-refractivity contribution in [2.45, 2.75) is 37.8 Å². The molecule has 2 atom stereocenters. The van der Waals surface area contributed by atoms with Gasteiger partial charge in [0.25, 0.3) is 5.91 Å². The third-order valence-corrected chi connectivity index (χ3v) is 2.94. The number of aliphatic hydroxyl groups is 1. The van der Waals surface area contributed by atoms with Crippen LogP contribution in [0.5, 0.6) is 0 Å². The lowest BCUT2D eigenvalue weighted by Crippen LogP contribution is -2.45. The number of aromatic nitrogens is 1. The zero-order chi connectivity index (χ0) is 11.4. The molecule has 0 radical (unpaired) electrons. The number of hydrogen-bond donors (Lipinski definition) is 2. The number of aliphatic hydroxyl groups excluding tert-OH is 1. The highest BCUT2D eigenvalue weighted by molar-refractivity contribution is 5.92. The van der Waals surface area contributed by atoms with Crippen LogP contribution in [0.4, 0.5) is 0 Å². The monoisotopic (exact) mass is 220 g/mol. The number of hydrogen-bond acceptors (Lipinski definition) is 3. The van der Waals surface area contributed by atoms with Gasteiger partial charge in [0.05, 0.1) is 12.1 Å². The van der Waals surface area contributed by atoms with E-state index >= 15 is 0 Å². The first kappa shape index (κ1) is 11.1. The summed E-state index contributed by atoms with van der Waals surface area (Å²) in [5, 5.41) is 12.6. The lowest BCUT2D eigenvalue weighted by atomic mass is 9.92. The van der Waals surface area contributed by atoms with Crippen molar-refractivity contribution in [1.82, 2.24) is 10.3 Å². The maximum absolute atomic E-state index is 11.8. The molecule has 0 spiro atoms. The summed E-state index contributed by atoms with van der Waals surface area (Å²) >= 11 is 0. The summed E-state index contributed by atoms with van der Waals surface area (Å²) in [6, 6.07) is 5.10. The fourth-order valence-electron chi connectivity index (χ4n) is 2.02. The van der Waals surface area contributed by atoms with Gasteiger partial charge in [-0.1, -0.05) is 18.9 Å². The first-order chi connectivity index (χ1) is 7.77. The van der Waals surface area contributed by atoms with E-state index in [1.54, 1.807) is 24.4 Å². The Balaban J connectivity index is 1.96. The number of nitrogens with one attached hydrogen (secondary N) is 1. The van der Waals surface area contributed by atoms with Crippen LogP contribution in [-0.2, 0) is 0 Å². The Bertz CT molecular complexity index is 353. The SMILES string of the molecule is O=C(N[C@H]1CCCC[C@@H]1O)c1ccccn1. The normalized spacial score (nSPS) is 25.1. The molecule has 0 saturated heterocycles. The van der Waals surface area contributed by atoms with Gasteiger partial charge < -0.3 is 10.4 Å². The molecule has 0 aliphatic heterocycles. The fourth-order valence-corrected chi connectivity index (χ4v) is 2.02. The van der Waals surface area contributed by atoms with Gasteiger partial charge in [-0.15, -0.1) is 0 Å². The number of rotatable bonds is 2. The molecule has 86 valence electrons. The van der Waals surface area contributed by atoms with Gasteiger partial charge in [-0.2, -0.15) is 0 Å². The summed E-state index contributed by atoms with van der Waals surface area (Å²) in [4.78, 5) is 15.7. The average Bonchev–Trinajstić information content (AvgIpc) is 2.33. The lowest BCUT2D eigenvalue weighted by Gasteiger charge is -2.28. The minimum absolute atomic E-state index is 0.122. The molecule has 1 fully saturated rings. The van der Waals surface area contributed by atoms with E-state index < -0.39 is 6.10 Å². The number of amides is 1. The maximum Gasteiger partial charge on any atom is 0.270 e. The number of pyridine rings is 1. The number of carbonyl (C=O) groups excluding carboxylic acids is 1. The molecule has 0 unspecified atom stereocenters. The fraction of sp³-hybridized carbons (Fsp3) is 0.500. The van der Waals surface area contributed by atoms with E-state index in [-0.39, 0.29) is 11.9 Å². The Morgan fingerprint density at radius 2 is 2.19 bits per heavy atom. The van der Waals surface area contributed by atoms with Crippen LogP contribution in [0.25, 0.3) is 0 Å². The van der Waals surface area contributed by atoms with Crippen molar-refractivity contribution >= 4 is 5.91 Å². The Labute approximate surface area is 94.7 Å². The minimum atomic E-state index is -0.415. The van der Waals surface area contributed by atoms with Crippen LogP contribution in [0, 0.1) is 0 Å². The molecule has 1 heterocycles. The molecule has 16 heavy (non-hydrogen) atoms. The van der Waals surface area contributed by atoms with Crippen molar-refractivity contribution in [3.05, 3.63) is 30.1 Å². The highest BCUT2D eigenvalue weighted by Crippen LogP contribution is 2.18. The molecular weight excluding hydrogens is 204 g/mol. The second-order valence-electron chi connectivity index (χ2n) is 4.15. The molecule has 2 rings (SSSR count). The second-order valence-corrected chi connectivity index (χ2v) is 4.15. The third kappa shape index (κ3) is 2.58. The van der Waals surface area contributed by atoms with Gasteiger partial charge in [-0.05, 0) is 25.0 Å². The first-order valence-corrected chi connectivity index (χ1v) is 5.67. The zero-order valence-corrected chi connectivity index (χ0v) is 9.10. The Hall–Kier alpha value is -1.42. The summed E-state index contributed by atoms with van der Waals surface area (Å²) in [5.41, 5.74) is 0.403. The van der Waals surface area contributed by atoms with Crippen molar-refractivity contribution in [3.8, 4) is 0 Å². The van der Waals surface area contributed by atoms with Gasteiger partial charge in [0, 0.05) is 6.20 Å². The van der Waals surface area contributed by atoms with Crippen LogP contribution in [-0.4, -0.2) is 28.1 Å². The average molecular weight is 220 g/mol. The quantitative estimate of drug-likeness (QED) is 0.785. The molecule has 4 nitrogen and oxygen atoms in total.